The Bertz CT molecular complexity index is 492. The molecule has 0 aromatic rings. The molecule has 2 saturated carbocycles. The van der Waals surface area contributed by atoms with Gasteiger partial charge in [0.1, 0.15) is 0 Å². The summed E-state index contributed by atoms with van der Waals surface area (Å²) in [5.74, 6) is 2.88. The monoisotopic (exact) mass is 691 g/mol. The van der Waals surface area contributed by atoms with Crippen LogP contribution in [0.4, 0.5) is 0 Å². The van der Waals surface area contributed by atoms with E-state index in [1.165, 1.54) is 115 Å². The third-order valence-corrected chi connectivity index (χ3v) is 7.60. The van der Waals surface area contributed by atoms with Crippen LogP contribution in [-0.2, 0) is 9.47 Å². The highest BCUT2D eigenvalue weighted by atomic mass is 16.5. The number of methoxy groups -OCH3 is 2. The lowest BCUT2D eigenvalue weighted by atomic mass is 9.86. The molecule has 0 N–H and O–H groups in total. The topological polar surface area (TPSA) is 18.5 Å². The van der Waals surface area contributed by atoms with Crippen molar-refractivity contribution >= 4 is 0 Å². The van der Waals surface area contributed by atoms with E-state index in [0.29, 0.717) is 10.8 Å². The van der Waals surface area contributed by atoms with Crippen LogP contribution in [0, 0.1) is 28.6 Å². The van der Waals surface area contributed by atoms with Crippen molar-refractivity contribution in [1.82, 2.24) is 0 Å². The molecule has 0 aromatic carbocycles. The van der Waals surface area contributed by atoms with E-state index < -0.39 is 0 Å². The molecule has 2 fully saturated rings. The fraction of sp³-hybridized carbons (Fsp3) is 0.957. The Hall–Kier alpha value is -0.340. The molecule has 2 rings (SSSR count). The summed E-state index contributed by atoms with van der Waals surface area (Å²) in [5, 5.41) is 0. The molecule has 2 nitrogen and oxygen atoms in total. The van der Waals surface area contributed by atoms with Crippen molar-refractivity contribution in [2.24, 2.45) is 28.6 Å². The van der Waals surface area contributed by atoms with Crippen molar-refractivity contribution in [2.75, 3.05) is 27.4 Å². The van der Waals surface area contributed by atoms with E-state index in [1.807, 2.05) is 0 Å². The summed E-state index contributed by atoms with van der Waals surface area (Å²) in [6.45, 7) is 32.7. The second-order valence-electron chi connectivity index (χ2n) is 16.4. The molecular weight excluding hydrogens is 585 g/mol. The molecule has 0 aromatic heterocycles. The van der Waals surface area contributed by atoms with Gasteiger partial charge in [-0.3, -0.25) is 0 Å². The van der Waals surface area contributed by atoms with Gasteiger partial charge in [0.05, 0.1) is 6.61 Å². The van der Waals surface area contributed by atoms with E-state index >= 15 is 0 Å². The van der Waals surface area contributed by atoms with Crippen LogP contribution in [0.25, 0.3) is 0 Å². The molecule has 0 spiro atoms. The molecule has 0 heterocycles. The van der Waals surface area contributed by atoms with Gasteiger partial charge in [0.25, 0.3) is 0 Å². The second kappa shape index (κ2) is 46.7. The molecule has 48 heavy (non-hydrogen) atoms. The average molecular weight is 691 g/mol. The molecule has 2 aliphatic carbocycles. The number of ether oxygens (including phenoxy) is 2. The average Bonchev–Trinajstić information content (AvgIpc) is 2.91. The minimum atomic E-state index is 0. The Morgan fingerprint density at radius 3 is 1.23 bits per heavy atom. The lowest BCUT2D eigenvalue weighted by molar-refractivity contribution is 0.116. The second-order valence-corrected chi connectivity index (χ2v) is 16.4. The summed E-state index contributed by atoms with van der Waals surface area (Å²) in [4.78, 5) is 0. The SMILES string of the molecule is C.C.C.C.CCC=C(C)C.CCCC(C)(C)C.CCCC(C)C.CCCC1CCCCC1.COCC(C)(C)C.COCC1CCCCC1. The number of allylic oxidation sites excluding steroid dienone is 2. The summed E-state index contributed by atoms with van der Waals surface area (Å²) in [5.41, 5.74) is 2.29. The lowest BCUT2D eigenvalue weighted by Gasteiger charge is -2.20. The zero-order chi connectivity index (χ0) is 34.9. The molecule has 0 aliphatic heterocycles. The summed E-state index contributed by atoms with van der Waals surface area (Å²) >= 11 is 0. The lowest BCUT2D eigenvalue weighted by Crippen LogP contribution is -2.12. The Morgan fingerprint density at radius 2 is 1.06 bits per heavy atom. The van der Waals surface area contributed by atoms with Crippen LogP contribution in [0.15, 0.2) is 11.6 Å². The van der Waals surface area contributed by atoms with Crippen molar-refractivity contribution in [3.8, 4) is 0 Å². The molecular formula is C46H106O2. The molecule has 0 bridgehead atoms. The van der Waals surface area contributed by atoms with Gasteiger partial charge >= 0.3 is 0 Å². The third-order valence-electron chi connectivity index (χ3n) is 7.60. The van der Waals surface area contributed by atoms with E-state index in [0.717, 1.165) is 31.0 Å². The van der Waals surface area contributed by atoms with Crippen LogP contribution in [0.2, 0.25) is 0 Å². The molecule has 0 atom stereocenters. The third kappa shape index (κ3) is 71.6. The first kappa shape index (κ1) is 66.0. The maximum absolute atomic E-state index is 5.08. The summed E-state index contributed by atoms with van der Waals surface area (Å²) in [6.07, 6.45) is 26.3. The predicted molar refractivity (Wildman–Crippen MR) is 232 cm³/mol. The zero-order valence-electron chi connectivity index (χ0n) is 34.1. The normalized spacial score (nSPS) is 14.1. The van der Waals surface area contributed by atoms with Crippen LogP contribution in [-0.4, -0.2) is 27.4 Å². The first-order valence-electron chi connectivity index (χ1n) is 19.1. The molecule has 0 unspecified atom stereocenters. The smallest absolute Gasteiger partial charge is 0.0510 e. The van der Waals surface area contributed by atoms with Crippen LogP contribution < -0.4 is 0 Å². The van der Waals surface area contributed by atoms with Crippen molar-refractivity contribution in [3.05, 3.63) is 11.6 Å². The standard InChI is InChI=1S/C9H18.C8H16O.C7H16.C6H14O.C6H14.C6H12.4CH4/c1-2-6-9-7-4-3-5-8-9;1-9-7-8-5-3-2-4-6-8;1-5-6-7(2,3)4;1-6(2,3)5-7-4;2*1-4-5-6(2)3;;;;/h9H,2-8H2,1H3;8H,2-7H2,1H3;5-6H2,1-4H3;5H2,1-4H3;6H,4-5H2,1-3H3;5H,4H2,1-3H3;4*1H4. The van der Waals surface area contributed by atoms with Crippen LogP contribution in [0.5, 0.6) is 0 Å². The summed E-state index contributed by atoms with van der Waals surface area (Å²) < 4.78 is 9.99. The maximum atomic E-state index is 5.08. The summed E-state index contributed by atoms with van der Waals surface area (Å²) in [7, 11) is 3.53. The van der Waals surface area contributed by atoms with Gasteiger partial charge in [-0.05, 0) is 68.1 Å². The molecule has 0 saturated heterocycles. The van der Waals surface area contributed by atoms with Crippen LogP contribution >= 0.6 is 0 Å². The highest BCUT2D eigenvalue weighted by Gasteiger charge is 2.12. The molecule has 0 amide bonds. The molecule has 302 valence electrons. The van der Waals surface area contributed by atoms with E-state index in [1.54, 1.807) is 14.2 Å². The fourth-order valence-electron chi connectivity index (χ4n) is 5.64. The molecule has 2 heteroatoms. The Labute approximate surface area is 312 Å². The summed E-state index contributed by atoms with van der Waals surface area (Å²) in [6, 6.07) is 0. The Balaban J connectivity index is -0.0000000662. The molecule has 2 aliphatic rings. The van der Waals surface area contributed by atoms with E-state index in [-0.39, 0.29) is 29.7 Å². The molecule has 0 radical (unpaired) electrons. The minimum Gasteiger partial charge on any atom is -0.384 e. The van der Waals surface area contributed by atoms with Crippen molar-refractivity contribution < 1.29 is 9.47 Å². The van der Waals surface area contributed by atoms with E-state index in [2.05, 4.69) is 103 Å². The van der Waals surface area contributed by atoms with Gasteiger partial charge in [0.2, 0.25) is 0 Å². The van der Waals surface area contributed by atoms with E-state index in [4.69, 9.17) is 9.47 Å². The largest absolute Gasteiger partial charge is 0.384 e. The quantitative estimate of drug-likeness (QED) is 0.224. The minimum absolute atomic E-state index is 0. The number of rotatable bonds is 9. The maximum Gasteiger partial charge on any atom is 0.0510 e. The first-order chi connectivity index (χ1) is 20.5. The predicted octanol–water partition coefficient (Wildman–Crippen LogP) is 17.4. The van der Waals surface area contributed by atoms with Crippen molar-refractivity contribution in [3.63, 3.8) is 0 Å². The number of hydrogen-bond acceptors (Lipinski definition) is 2. The van der Waals surface area contributed by atoms with Gasteiger partial charge in [-0.2, -0.15) is 0 Å². The zero-order valence-corrected chi connectivity index (χ0v) is 34.1. The van der Waals surface area contributed by atoms with Gasteiger partial charge in [-0.15, -0.1) is 0 Å². The van der Waals surface area contributed by atoms with Crippen LogP contribution in [0.1, 0.15) is 236 Å². The van der Waals surface area contributed by atoms with Gasteiger partial charge in [-0.25, -0.2) is 0 Å². The Morgan fingerprint density at radius 1 is 0.625 bits per heavy atom. The van der Waals surface area contributed by atoms with Gasteiger partial charge in [0, 0.05) is 20.8 Å². The van der Waals surface area contributed by atoms with Gasteiger partial charge in [0.15, 0.2) is 0 Å². The fourth-order valence-corrected chi connectivity index (χ4v) is 5.64. The van der Waals surface area contributed by atoms with Gasteiger partial charge < -0.3 is 9.47 Å². The van der Waals surface area contributed by atoms with Crippen molar-refractivity contribution in [2.45, 2.75) is 236 Å². The Kier molecular flexibility index (Phi) is 64.1. The van der Waals surface area contributed by atoms with Gasteiger partial charge in [-0.1, -0.05) is 208 Å². The highest BCUT2D eigenvalue weighted by Crippen LogP contribution is 2.27. The first-order valence-corrected chi connectivity index (χ1v) is 19.1. The number of hydrogen-bond donors (Lipinski definition) is 0. The van der Waals surface area contributed by atoms with Crippen molar-refractivity contribution in [1.29, 1.82) is 0 Å². The highest BCUT2D eigenvalue weighted by molar-refractivity contribution is 4.91. The van der Waals surface area contributed by atoms with Crippen LogP contribution in [0.3, 0.4) is 0 Å². The van der Waals surface area contributed by atoms with E-state index in [9.17, 15) is 0 Å².